The van der Waals surface area contributed by atoms with Gasteiger partial charge in [0.25, 0.3) is 6.92 Å². The molecule has 0 unspecified atom stereocenters. The molecular formula is C8H16BNO3. The number of hydrogen-bond acceptors (Lipinski definition) is 3. The molecule has 1 aliphatic rings. The van der Waals surface area contributed by atoms with E-state index in [-0.39, 0.29) is 18.9 Å². The fraction of sp³-hybridized carbons (Fsp3) is 0.875. The van der Waals surface area contributed by atoms with Crippen molar-refractivity contribution in [1.29, 1.82) is 0 Å². The lowest BCUT2D eigenvalue weighted by Gasteiger charge is -2.34. The first kappa shape index (κ1) is 10.5. The number of aliphatic carboxylic acids is 1. The molecule has 0 amide bonds. The fourth-order valence-electron chi connectivity index (χ4n) is 1.64. The van der Waals surface area contributed by atoms with Gasteiger partial charge in [-0.05, 0) is 18.7 Å². The summed E-state index contributed by atoms with van der Waals surface area (Å²) in [5.41, 5.74) is 0. The summed E-state index contributed by atoms with van der Waals surface area (Å²) in [7, 11) is 0. The Kier molecular flexibility index (Phi) is 3.75. The molecule has 0 bridgehead atoms. The van der Waals surface area contributed by atoms with E-state index >= 15 is 0 Å². The topological polar surface area (TPSA) is 69.6 Å². The summed E-state index contributed by atoms with van der Waals surface area (Å²) in [4.78, 5) is 10.6. The molecule has 0 aromatic rings. The number of rotatable bonds is 5. The van der Waals surface area contributed by atoms with E-state index in [1.165, 1.54) is 0 Å². The van der Waals surface area contributed by atoms with E-state index in [2.05, 4.69) is 5.32 Å². The Balaban J connectivity index is 2.12. The molecule has 74 valence electrons. The minimum atomic E-state index is -0.756. The van der Waals surface area contributed by atoms with Crippen molar-refractivity contribution in [3.63, 3.8) is 0 Å². The minimum Gasteiger partial charge on any atom is -0.480 e. The predicted molar refractivity (Wildman–Crippen MR) is 50.8 cm³/mol. The second kappa shape index (κ2) is 4.62. The van der Waals surface area contributed by atoms with Crippen LogP contribution in [0.25, 0.3) is 0 Å². The molecule has 0 radical (unpaired) electrons. The molecule has 0 aromatic heterocycles. The molecular weight excluding hydrogens is 169 g/mol. The lowest BCUT2D eigenvalue weighted by atomic mass is 9.66. The van der Waals surface area contributed by atoms with E-state index < -0.39 is 5.97 Å². The lowest BCUT2D eigenvalue weighted by molar-refractivity contribution is -0.143. The van der Waals surface area contributed by atoms with Gasteiger partial charge in [-0.15, -0.1) is 0 Å². The van der Waals surface area contributed by atoms with E-state index in [1.807, 2.05) is 0 Å². The summed E-state index contributed by atoms with van der Waals surface area (Å²) < 4.78 is 0. The second-order valence-corrected chi connectivity index (χ2v) is 3.76. The number of carboxylic acid groups (broad SMARTS) is 1. The van der Waals surface area contributed by atoms with Crippen LogP contribution in [-0.2, 0) is 4.79 Å². The van der Waals surface area contributed by atoms with Crippen LogP contribution in [0.2, 0.25) is 13.1 Å². The van der Waals surface area contributed by atoms with Gasteiger partial charge in [0, 0.05) is 6.54 Å². The zero-order valence-corrected chi connectivity index (χ0v) is 7.86. The number of carbonyl (C=O) groups is 1. The normalized spacial score (nSPS) is 26.6. The zero-order chi connectivity index (χ0) is 9.84. The first-order valence-corrected chi connectivity index (χ1v) is 4.75. The zero-order valence-electron chi connectivity index (χ0n) is 7.86. The van der Waals surface area contributed by atoms with Crippen molar-refractivity contribution in [1.82, 2.24) is 5.32 Å². The number of carboxylic acids is 1. The molecule has 0 aliphatic carbocycles. The van der Waals surface area contributed by atoms with Crippen molar-refractivity contribution in [2.45, 2.75) is 32.0 Å². The van der Waals surface area contributed by atoms with Gasteiger partial charge < -0.3 is 15.4 Å². The van der Waals surface area contributed by atoms with Crippen LogP contribution in [0.15, 0.2) is 0 Å². The van der Waals surface area contributed by atoms with Crippen LogP contribution < -0.4 is 5.32 Å². The summed E-state index contributed by atoms with van der Waals surface area (Å²) in [5, 5.41) is 20.6. The predicted octanol–water partition coefficient (Wildman–Crippen LogP) is 0.0528. The Morgan fingerprint density at radius 3 is 2.77 bits per heavy atom. The van der Waals surface area contributed by atoms with Crippen LogP contribution in [0, 0.1) is 5.92 Å². The van der Waals surface area contributed by atoms with Gasteiger partial charge in [0.05, 0.1) is 0 Å². The number of hydrogen-bond donors (Lipinski definition) is 3. The minimum absolute atomic E-state index is 0.260. The first-order chi connectivity index (χ1) is 6.11. The van der Waals surface area contributed by atoms with Crippen LogP contribution in [0.1, 0.15) is 12.8 Å². The first-order valence-electron chi connectivity index (χ1n) is 4.75. The Labute approximate surface area is 78.4 Å². The van der Waals surface area contributed by atoms with Gasteiger partial charge in [0.2, 0.25) is 0 Å². The maximum atomic E-state index is 10.6. The molecule has 0 saturated carbocycles. The molecule has 2 atom stereocenters. The maximum Gasteiger partial charge on any atom is 0.321 e. The summed E-state index contributed by atoms with van der Waals surface area (Å²) in [6, 6.07) is -0.353. The average molecular weight is 185 g/mol. The Bertz CT molecular complexity index is 186. The third-order valence-corrected chi connectivity index (χ3v) is 2.53. The van der Waals surface area contributed by atoms with Gasteiger partial charge >= 0.3 is 5.97 Å². The van der Waals surface area contributed by atoms with Crippen molar-refractivity contribution in [2.24, 2.45) is 5.92 Å². The van der Waals surface area contributed by atoms with Gasteiger partial charge in [-0.1, -0.05) is 13.2 Å². The Morgan fingerprint density at radius 1 is 1.69 bits per heavy atom. The Morgan fingerprint density at radius 2 is 2.38 bits per heavy atom. The van der Waals surface area contributed by atoms with E-state index in [9.17, 15) is 4.79 Å². The summed E-state index contributed by atoms with van der Waals surface area (Å²) in [6.45, 7) is 2.29. The van der Waals surface area contributed by atoms with E-state index in [0.717, 1.165) is 25.7 Å². The van der Waals surface area contributed by atoms with Gasteiger partial charge in [0.15, 0.2) is 0 Å². The van der Waals surface area contributed by atoms with E-state index in [1.54, 1.807) is 6.82 Å². The largest absolute Gasteiger partial charge is 0.480 e. The summed E-state index contributed by atoms with van der Waals surface area (Å²) in [6.07, 6.45) is 2.57. The highest BCUT2D eigenvalue weighted by Gasteiger charge is 2.35. The van der Waals surface area contributed by atoms with Crippen LogP contribution in [0.4, 0.5) is 0 Å². The van der Waals surface area contributed by atoms with E-state index in [0.29, 0.717) is 0 Å². The molecule has 4 nitrogen and oxygen atoms in total. The van der Waals surface area contributed by atoms with Gasteiger partial charge in [-0.25, -0.2) is 0 Å². The van der Waals surface area contributed by atoms with Crippen molar-refractivity contribution < 1.29 is 14.9 Å². The highest BCUT2D eigenvalue weighted by Crippen LogP contribution is 2.20. The van der Waals surface area contributed by atoms with Gasteiger partial charge in [0.1, 0.15) is 6.04 Å². The van der Waals surface area contributed by atoms with Gasteiger partial charge in [-0.3, -0.25) is 4.79 Å². The molecule has 0 spiro atoms. The van der Waals surface area contributed by atoms with Crippen LogP contribution >= 0.6 is 0 Å². The monoisotopic (exact) mass is 185 g/mol. The van der Waals surface area contributed by atoms with Crippen molar-refractivity contribution in [3.05, 3.63) is 0 Å². The SMILES string of the molecule is CB(O)CCC[C@H]1CN[C@@H]1C(=O)O. The molecule has 1 saturated heterocycles. The standard InChI is InChI=1S/C8H16BNO3/c1-9(13)4-2-3-6-5-10-7(6)8(11)12/h6-7,10,13H,2-5H2,1H3,(H,11,12)/t6-,7-/m0/s1. The highest BCUT2D eigenvalue weighted by atomic mass is 16.4. The van der Waals surface area contributed by atoms with Crippen LogP contribution in [0.5, 0.6) is 0 Å². The molecule has 5 heteroatoms. The summed E-state index contributed by atoms with van der Waals surface area (Å²) >= 11 is 0. The van der Waals surface area contributed by atoms with Crippen molar-refractivity contribution in [3.8, 4) is 0 Å². The quantitative estimate of drug-likeness (QED) is 0.529. The summed E-state index contributed by atoms with van der Waals surface area (Å²) in [5.74, 6) is -0.496. The smallest absolute Gasteiger partial charge is 0.321 e. The molecule has 3 N–H and O–H groups in total. The van der Waals surface area contributed by atoms with E-state index in [4.69, 9.17) is 10.1 Å². The molecule has 1 rings (SSSR count). The van der Waals surface area contributed by atoms with Crippen molar-refractivity contribution >= 4 is 12.9 Å². The van der Waals surface area contributed by atoms with Crippen molar-refractivity contribution in [2.75, 3.05) is 6.54 Å². The molecule has 1 aliphatic heterocycles. The highest BCUT2D eigenvalue weighted by molar-refractivity contribution is 6.48. The molecule has 13 heavy (non-hydrogen) atoms. The maximum absolute atomic E-state index is 10.6. The fourth-order valence-corrected chi connectivity index (χ4v) is 1.64. The number of nitrogens with one attached hydrogen (secondary N) is 1. The molecule has 1 fully saturated rings. The lowest BCUT2D eigenvalue weighted by Crippen LogP contribution is -2.57. The average Bonchev–Trinajstić information content (AvgIpc) is 1.93. The second-order valence-electron chi connectivity index (χ2n) is 3.76. The van der Waals surface area contributed by atoms with Crippen LogP contribution in [0.3, 0.4) is 0 Å². The molecule has 1 heterocycles. The third-order valence-electron chi connectivity index (χ3n) is 2.53. The third kappa shape index (κ3) is 3.01. The Hall–Kier alpha value is -0.545. The van der Waals surface area contributed by atoms with Crippen LogP contribution in [-0.4, -0.2) is 35.6 Å². The molecule has 0 aromatic carbocycles. The van der Waals surface area contributed by atoms with Gasteiger partial charge in [-0.2, -0.15) is 0 Å².